The van der Waals surface area contributed by atoms with Crippen molar-refractivity contribution in [2.24, 2.45) is 0 Å². The molecule has 10 heteroatoms. The molecular weight excluding hydrogens is 424 g/mol. The number of anilines is 1. The zero-order valence-corrected chi connectivity index (χ0v) is 16.4. The number of carbonyl (C=O) groups is 2. The van der Waals surface area contributed by atoms with E-state index in [1.54, 1.807) is 23.6 Å². The molecule has 1 saturated heterocycles. The van der Waals surface area contributed by atoms with Gasteiger partial charge in [0.25, 0.3) is 11.8 Å². The lowest BCUT2D eigenvalue weighted by Gasteiger charge is -2.25. The van der Waals surface area contributed by atoms with Crippen molar-refractivity contribution >= 4 is 44.2 Å². The molecule has 2 heterocycles. The minimum absolute atomic E-state index is 0.251. The Labute approximate surface area is 162 Å². The standard InChI is InChI=1S/C16H17BrN4O4S/c1-24-10-2-3-12(17)11(8-10)14(22)19-20-15(23)13-9-26-16(18-13)21-4-6-25-7-5-21/h2-3,8-9H,4-7H2,1H3,(H,19,22)(H,20,23). The number of morpholine rings is 1. The van der Waals surface area contributed by atoms with E-state index in [2.05, 4.69) is 36.7 Å². The monoisotopic (exact) mass is 440 g/mol. The normalized spacial score (nSPS) is 14.0. The van der Waals surface area contributed by atoms with Gasteiger partial charge in [0.15, 0.2) is 5.13 Å². The number of nitrogens with one attached hydrogen (secondary N) is 2. The number of aromatic nitrogens is 1. The third kappa shape index (κ3) is 4.32. The van der Waals surface area contributed by atoms with Crippen LogP contribution >= 0.6 is 27.3 Å². The average molecular weight is 441 g/mol. The van der Waals surface area contributed by atoms with Gasteiger partial charge in [0.05, 0.1) is 25.9 Å². The molecule has 3 rings (SSSR count). The molecular formula is C16H17BrN4O4S. The number of hydrogen-bond donors (Lipinski definition) is 2. The van der Waals surface area contributed by atoms with Gasteiger partial charge in [-0.2, -0.15) is 0 Å². The molecule has 0 spiro atoms. The fourth-order valence-corrected chi connectivity index (χ4v) is 3.60. The van der Waals surface area contributed by atoms with E-state index in [1.807, 2.05) is 0 Å². The molecule has 26 heavy (non-hydrogen) atoms. The van der Waals surface area contributed by atoms with Crippen LogP contribution in [-0.4, -0.2) is 50.2 Å². The van der Waals surface area contributed by atoms with E-state index in [9.17, 15) is 9.59 Å². The van der Waals surface area contributed by atoms with E-state index in [0.29, 0.717) is 29.0 Å². The number of rotatable bonds is 4. The van der Waals surface area contributed by atoms with Gasteiger partial charge in [-0.05, 0) is 34.1 Å². The fraction of sp³-hybridized carbons (Fsp3) is 0.312. The number of amides is 2. The van der Waals surface area contributed by atoms with Gasteiger partial charge in [-0.25, -0.2) is 4.98 Å². The maximum Gasteiger partial charge on any atom is 0.289 e. The van der Waals surface area contributed by atoms with Crippen LogP contribution in [0, 0.1) is 0 Å². The van der Waals surface area contributed by atoms with Gasteiger partial charge in [0, 0.05) is 22.9 Å². The van der Waals surface area contributed by atoms with E-state index >= 15 is 0 Å². The molecule has 0 aliphatic carbocycles. The smallest absolute Gasteiger partial charge is 0.289 e. The Morgan fingerprint density at radius 1 is 1.27 bits per heavy atom. The van der Waals surface area contributed by atoms with Gasteiger partial charge < -0.3 is 14.4 Å². The minimum atomic E-state index is -0.479. The highest BCUT2D eigenvalue weighted by Crippen LogP contribution is 2.23. The summed E-state index contributed by atoms with van der Waals surface area (Å²) in [5, 5.41) is 2.42. The zero-order valence-electron chi connectivity index (χ0n) is 14.0. The number of benzene rings is 1. The Bertz CT molecular complexity index is 807. The number of hydrogen-bond acceptors (Lipinski definition) is 7. The summed E-state index contributed by atoms with van der Waals surface area (Å²) in [5.41, 5.74) is 5.36. The molecule has 0 saturated carbocycles. The predicted octanol–water partition coefficient (Wildman–Crippen LogP) is 1.83. The van der Waals surface area contributed by atoms with Gasteiger partial charge in [0.2, 0.25) is 0 Å². The summed E-state index contributed by atoms with van der Waals surface area (Å²) >= 11 is 4.69. The van der Waals surface area contributed by atoms with E-state index in [1.165, 1.54) is 18.4 Å². The van der Waals surface area contributed by atoms with Crippen LogP contribution in [0.5, 0.6) is 5.75 Å². The second-order valence-electron chi connectivity index (χ2n) is 5.37. The van der Waals surface area contributed by atoms with Gasteiger partial charge in [-0.1, -0.05) is 0 Å². The van der Waals surface area contributed by atoms with E-state index < -0.39 is 11.8 Å². The Kier molecular flexibility index (Phi) is 6.07. The van der Waals surface area contributed by atoms with Crippen molar-refractivity contribution in [3.05, 3.63) is 39.3 Å². The molecule has 2 amide bonds. The SMILES string of the molecule is COc1ccc(Br)c(C(=O)NNC(=O)c2csc(N3CCOCC3)n2)c1. The molecule has 138 valence electrons. The van der Waals surface area contributed by atoms with Gasteiger partial charge in [-0.15, -0.1) is 11.3 Å². The van der Waals surface area contributed by atoms with Gasteiger partial charge >= 0.3 is 0 Å². The highest BCUT2D eigenvalue weighted by Gasteiger charge is 2.18. The number of hydrazine groups is 1. The number of ether oxygens (including phenoxy) is 2. The molecule has 0 atom stereocenters. The number of thiazole rings is 1. The Morgan fingerprint density at radius 3 is 2.73 bits per heavy atom. The lowest BCUT2D eigenvalue weighted by molar-refractivity contribution is 0.0843. The highest BCUT2D eigenvalue weighted by molar-refractivity contribution is 9.10. The van der Waals surface area contributed by atoms with Crippen LogP contribution in [0.15, 0.2) is 28.1 Å². The molecule has 1 aliphatic heterocycles. The molecule has 0 radical (unpaired) electrons. The largest absolute Gasteiger partial charge is 0.497 e. The summed E-state index contributed by atoms with van der Waals surface area (Å²) in [6.07, 6.45) is 0. The molecule has 8 nitrogen and oxygen atoms in total. The molecule has 1 aromatic carbocycles. The predicted molar refractivity (Wildman–Crippen MR) is 101 cm³/mol. The molecule has 1 fully saturated rings. The first-order valence-corrected chi connectivity index (χ1v) is 9.48. The fourth-order valence-electron chi connectivity index (χ4n) is 2.32. The number of carbonyl (C=O) groups excluding carboxylic acids is 2. The van der Waals surface area contributed by atoms with Crippen LogP contribution in [0.1, 0.15) is 20.8 Å². The number of methoxy groups -OCH3 is 1. The van der Waals surface area contributed by atoms with Crippen LogP contribution in [0.3, 0.4) is 0 Å². The van der Waals surface area contributed by atoms with E-state index in [-0.39, 0.29) is 5.69 Å². The molecule has 1 aromatic heterocycles. The Hall–Kier alpha value is -2.17. The number of halogens is 1. The third-order valence-electron chi connectivity index (χ3n) is 3.71. The molecule has 1 aliphatic rings. The summed E-state index contributed by atoms with van der Waals surface area (Å²) in [6, 6.07) is 5.00. The summed E-state index contributed by atoms with van der Waals surface area (Å²) in [5.74, 6) is -0.403. The zero-order chi connectivity index (χ0) is 18.5. The van der Waals surface area contributed by atoms with Crippen LogP contribution < -0.4 is 20.5 Å². The quantitative estimate of drug-likeness (QED) is 0.704. The average Bonchev–Trinajstić information content (AvgIpc) is 3.17. The van der Waals surface area contributed by atoms with Crippen molar-refractivity contribution in [2.45, 2.75) is 0 Å². The minimum Gasteiger partial charge on any atom is -0.497 e. The molecule has 2 aromatic rings. The van der Waals surface area contributed by atoms with Crippen molar-refractivity contribution in [1.29, 1.82) is 0 Å². The van der Waals surface area contributed by atoms with Gasteiger partial charge in [0.1, 0.15) is 11.4 Å². The van der Waals surface area contributed by atoms with Crippen LogP contribution in [-0.2, 0) is 4.74 Å². The lowest BCUT2D eigenvalue weighted by atomic mass is 10.2. The van der Waals surface area contributed by atoms with Gasteiger partial charge in [-0.3, -0.25) is 20.4 Å². The van der Waals surface area contributed by atoms with E-state index in [4.69, 9.17) is 9.47 Å². The molecule has 0 unspecified atom stereocenters. The van der Waals surface area contributed by atoms with Crippen LogP contribution in [0.25, 0.3) is 0 Å². The number of nitrogens with zero attached hydrogens (tertiary/aromatic N) is 2. The first-order valence-electron chi connectivity index (χ1n) is 7.81. The summed E-state index contributed by atoms with van der Waals surface area (Å²) in [7, 11) is 1.51. The first-order chi connectivity index (χ1) is 12.6. The van der Waals surface area contributed by atoms with Crippen LogP contribution in [0.4, 0.5) is 5.13 Å². The second-order valence-corrected chi connectivity index (χ2v) is 7.06. The van der Waals surface area contributed by atoms with Crippen molar-refractivity contribution in [1.82, 2.24) is 15.8 Å². The Balaban J connectivity index is 1.60. The summed E-state index contributed by atoms with van der Waals surface area (Å²) in [4.78, 5) is 30.9. The summed E-state index contributed by atoms with van der Waals surface area (Å²) < 4.78 is 11.0. The van der Waals surface area contributed by atoms with Crippen molar-refractivity contribution < 1.29 is 19.1 Å². The highest BCUT2D eigenvalue weighted by atomic mass is 79.9. The molecule has 0 bridgehead atoms. The molecule has 2 N–H and O–H groups in total. The van der Waals surface area contributed by atoms with Crippen molar-refractivity contribution in [3.8, 4) is 5.75 Å². The summed E-state index contributed by atoms with van der Waals surface area (Å²) in [6.45, 7) is 2.78. The van der Waals surface area contributed by atoms with Crippen molar-refractivity contribution in [3.63, 3.8) is 0 Å². The van der Waals surface area contributed by atoms with Crippen LogP contribution in [0.2, 0.25) is 0 Å². The maximum absolute atomic E-state index is 12.3. The topological polar surface area (TPSA) is 92.8 Å². The second kappa shape index (κ2) is 8.47. The Morgan fingerprint density at radius 2 is 2.00 bits per heavy atom. The van der Waals surface area contributed by atoms with E-state index in [0.717, 1.165) is 18.2 Å². The third-order valence-corrected chi connectivity index (χ3v) is 5.31. The maximum atomic E-state index is 12.3. The van der Waals surface area contributed by atoms with Crippen molar-refractivity contribution in [2.75, 3.05) is 38.3 Å². The first kappa shape index (κ1) is 18.6. The lowest BCUT2D eigenvalue weighted by Crippen LogP contribution is -2.42.